The molecular weight excluding hydrogens is 260 g/mol. The van der Waals surface area contributed by atoms with Gasteiger partial charge in [-0.3, -0.25) is 4.79 Å². The Bertz CT molecular complexity index is 589. The van der Waals surface area contributed by atoms with Gasteiger partial charge < -0.3 is 11.1 Å². The van der Waals surface area contributed by atoms with Crippen LogP contribution in [0, 0.1) is 0 Å². The van der Waals surface area contributed by atoms with Crippen molar-refractivity contribution in [3.63, 3.8) is 0 Å². The van der Waals surface area contributed by atoms with Crippen LogP contribution in [0.25, 0.3) is 10.8 Å². The number of carbonyl (C=O) groups excluding carboxylic acids is 1. The molecule has 0 aromatic heterocycles. The number of nitrogens with one attached hydrogen (secondary N) is 1. The topological polar surface area (TPSA) is 55.1 Å². The molecule has 112 valence electrons. The molecule has 0 aliphatic rings. The third-order valence-electron chi connectivity index (χ3n) is 3.78. The Kier molecular flexibility index (Phi) is 5.76. The number of hydrogen-bond acceptors (Lipinski definition) is 2. The van der Waals surface area contributed by atoms with E-state index in [0.29, 0.717) is 13.0 Å². The van der Waals surface area contributed by atoms with Crippen molar-refractivity contribution in [1.82, 2.24) is 5.32 Å². The van der Waals surface area contributed by atoms with E-state index < -0.39 is 0 Å². The first kappa shape index (κ1) is 15.5. The lowest BCUT2D eigenvalue weighted by Crippen LogP contribution is -2.26. The Labute approximate surface area is 126 Å². The van der Waals surface area contributed by atoms with Gasteiger partial charge in [-0.1, -0.05) is 48.9 Å². The van der Waals surface area contributed by atoms with Gasteiger partial charge in [0, 0.05) is 6.42 Å². The van der Waals surface area contributed by atoms with E-state index in [1.807, 2.05) is 25.1 Å². The van der Waals surface area contributed by atoms with E-state index in [1.165, 1.54) is 16.3 Å². The van der Waals surface area contributed by atoms with Gasteiger partial charge in [-0.05, 0) is 42.6 Å². The molecule has 2 rings (SSSR count). The second-order valence-corrected chi connectivity index (χ2v) is 5.46. The van der Waals surface area contributed by atoms with Gasteiger partial charge in [0.05, 0.1) is 6.04 Å². The number of hydrogen-bond donors (Lipinski definition) is 2. The average molecular weight is 284 g/mol. The first-order valence-corrected chi connectivity index (χ1v) is 7.69. The first-order valence-electron chi connectivity index (χ1n) is 7.69. The van der Waals surface area contributed by atoms with Gasteiger partial charge in [-0.15, -0.1) is 0 Å². The van der Waals surface area contributed by atoms with E-state index in [9.17, 15) is 4.79 Å². The molecular formula is C18H24N2O. The second-order valence-electron chi connectivity index (χ2n) is 5.46. The van der Waals surface area contributed by atoms with Crippen molar-refractivity contribution in [2.45, 2.75) is 38.6 Å². The van der Waals surface area contributed by atoms with Crippen LogP contribution in [0.3, 0.4) is 0 Å². The molecule has 1 unspecified atom stereocenters. The molecule has 3 N–H and O–H groups in total. The molecule has 0 saturated heterocycles. The van der Waals surface area contributed by atoms with Gasteiger partial charge in [0.1, 0.15) is 0 Å². The highest BCUT2D eigenvalue weighted by Crippen LogP contribution is 2.24. The zero-order valence-electron chi connectivity index (χ0n) is 12.6. The third kappa shape index (κ3) is 4.30. The minimum atomic E-state index is 0.0260. The second kappa shape index (κ2) is 7.79. The maximum Gasteiger partial charge on any atom is 0.220 e. The summed E-state index contributed by atoms with van der Waals surface area (Å²) in [5.41, 5.74) is 6.62. The summed E-state index contributed by atoms with van der Waals surface area (Å²) in [5.74, 6) is 0.118. The summed E-state index contributed by atoms with van der Waals surface area (Å²) in [5, 5.41) is 5.51. The number of unbranched alkanes of at least 4 members (excludes halogenated alkanes) is 2. The lowest BCUT2D eigenvalue weighted by Gasteiger charge is -2.16. The largest absolute Gasteiger partial charge is 0.350 e. The van der Waals surface area contributed by atoms with Crippen LogP contribution in [0.5, 0.6) is 0 Å². The molecule has 0 heterocycles. The Hall–Kier alpha value is -1.87. The molecule has 0 aliphatic heterocycles. The van der Waals surface area contributed by atoms with E-state index in [4.69, 9.17) is 5.73 Å². The molecule has 1 amide bonds. The molecule has 3 nitrogen and oxygen atoms in total. The molecule has 1 atom stereocenters. The molecule has 0 bridgehead atoms. The average Bonchev–Trinajstić information content (AvgIpc) is 2.51. The first-order chi connectivity index (χ1) is 10.2. The summed E-state index contributed by atoms with van der Waals surface area (Å²) in [6.07, 6.45) is 3.50. The quantitative estimate of drug-likeness (QED) is 0.764. The fourth-order valence-electron chi connectivity index (χ4n) is 2.63. The number of benzene rings is 2. The number of fused-ring (bicyclic) bond motifs is 1. The van der Waals surface area contributed by atoms with Crippen LogP contribution < -0.4 is 11.1 Å². The van der Waals surface area contributed by atoms with Gasteiger partial charge in [-0.25, -0.2) is 0 Å². The summed E-state index contributed by atoms with van der Waals surface area (Å²) >= 11 is 0. The van der Waals surface area contributed by atoms with Gasteiger partial charge in [-0.2, -0.15) is 0 Å². The van der Waals surface area contributed by atoms with Crippen LogP contribution in [-0.2, 0) is 4.79 Å². The molecule has 0 radical (unpaired) electrons. The summed E-state index contributed by atoms with van der Waals surface area (Å²) in [7, 11) is 0. The predicted molar refractivity (Wildman–Crippen MR) is 88.0 cm³/mol. The maximum atomic E-state index is 12.0. The van der Waals surface area contributed by atoms with Gasteiger partial charge >= 0.3 is 0 Å². The van der Waals surface area contributed by atoms with Crippen molar-refractivity contribution >= 4 is 16.7 Å². The fourth-order valence-corrected chi connectivity index (χ4v) is 2.63. The lowest BCUT2D eigenvalue weighted by molar-refractivity contribution is -0.121. The highest BCUT2D eigenvalue weighted by molar-refractivity contribution is 5.86. The van der Waals surface area contributed by atoms with Crippen LogP contribution in [0.15, 0.2) is 42.5 Å². The normalized spacial score (nSPS) is 12.3. The number of nitrogens with two attached hydrogens (primary N) is 1. The zero-order chi connectivity index (χ0) is 15.1. The Morgan fingerprint density at radius 2 is 1.86 bits per heavy atom. The number of carbonyl (C=O) groups is 1. The Morgan fingerprint density at radius 3 is 2.67 bits per heavy atom. The highest BCUT2D eigenvalue weighted by atomic mass is 16.1. The summed E-state index contributed by atoms with van der Waals surface area (Å²) in [6.45, 7) is 2.74. The fraction of sp³-hybridized carbons (Fsp3) is 0.389. The van der Waals surface area contributed by atoms with E-state index in [2.05, 4.69) is 29.6 Å². The van der Waals surface area contributed by atoms with Crippen LogP contribution >= 0.6 is 0 Å². The van der Waals surface area contributed by atoms with Crippen molar-refractivity contribution in [1.29, 1.82) is 0 Å². The number of amides is 1. The van der Waals surface area contributed by atoms with Crippen molar-refractivity contribution < 1.29 is 4.79 Å². The van der Waals surface area contributed by atoms with Crippen LogP contribution in [0.2, 0.25) is 0 Å². The number of rotatable bonds is 7. The van der Waals surface area contributed by atoms with Crippen LogP contribution in [0.1, 0.15) is 44.2 Å². The smallest absolute Gasteiger partial charge is 0.220 e. The van der Waals surface area contributed by atoms with E-state index >= 15 is 0 Å². The van der Waals surface area contributed by atoms with Crippen LogP contribution in [-0.4, -0.2) is 12.5 Å². The Morgan fingerprint density at radius 1 is 1.10 bits per heavy atom. The van der Waals surface area contributed by atoms with Gasteiger partial charge in [0.15, 0.2) is 0 Å². The minimum absolute atomic E-state index is 0.0260. The van der Waals surface area contributed by atoms with Crippen molar-refractivity contribution in [3.8, 4) is 0 Å². The van der Waals surface area contributed by atoms with Gasteiger partial charge in [0.2, 0.25) is 5.91 Å². The van der Waals surface area contributed by atoms with E-state index in [-0.39, 0.29) is 11.9 Å². The molecule has 0 fully saturated rings. The van der Waals surface area contributed by atoms with Crippen LogP contribution in [0.4, 0.5) is 0 Å². The summed E-state index contributed by atoms with van der Waals surface area (Å²) in [6, 6.07) is 14.5. The zero-order valence-corrected chi connectivity index (χ0v) is 12.6. The summed E-state index contributed by atoms with van der Waals surface area (Å²) < 4.78 is 0. The SMILES string of the molecule is CC(NC(=O)CCCCCN)c1cccc2ccccc12. The van der Waals surface area contributed by atoms with Crippen molar-refractivity contribution in [2.75, 3.05) is 6.54 Å². The highest BCUT2D eigenvalue weighted by Gasteiger charge is 2.11. The third-order valence-corrected chi connectivity index (χ3v) is 3.78. The monoisotopic (exact) mass is 284 g/mol. The molecule has 2 aromatic carbocycles. The molecule has 3 heteroatoms. The Balaban J connectivity index is 1.99. The van der Waals surface area contributed by atoms with E-state index in [1.54, 1.807) is 0 Å². The van der Waals surface area contributed by atoms with Crippen molar-refractivity contribution in [3.05, 3.63) is 48.0 Å². The maximum absolute atomic E-state index is 12.0. The molecule has 0 saturated carbocycles. The summed E-state index contributed by atoms with van der Waals surface area (Å²) in [4.78, 5) is 12.0. The minimum Gasteiger partial charge on any atom is -0.350 e. The molecule has 0 aliphatic carbocycles. The molecule has 0 spiro atoms. The lowest BCUT2D eigenvalue weighted by atomic mass is 9.99. The predicted octanol–water partition coefficient (Wildman–Crippen LogP) is 3.54. The van der Waals surface area contributed by atoms with Gasteiger partial charge in [0.25, 0.3) is 0 Å². The molecule has 2 aromatic rings. The molecule has 21 heavy (non-hydrogen) atoms. The standard InChI is InChI=1S/C18H24N2O/c1-14(20-18(21)12-3-2-6-13-19)16-11-7-9-15-8-4-5-10-17(15)16/h4-5,7-11,14H,2-3,6,12-13,19H2,1H3,(H,20,21). The van der Waals surface area contributed by atoms with Crippen molar-refractivity contribution in [2.24, 2.45) is 5.73 Å². The van der Waals surface area contributed by atoms with E-state index in [0.717, 1.165) is 19.3 Å².